The molecule has 1 fully saturated rings. The first-order valence-electron chi connectivity index (χ1n) is 8.33. The van der Waals surface area contributed by atoms with Gasteiger partial charge < -0.3 is 10.2 Å². The number of nitrogens with zero attached hydrogens (tertiary/aromatic N) is 2. The number of benzene rings is 2. The smallest absolute Gasteiger partial charge is 0.330 e. The van der Waals surface area contributed by atoms with Crippen molar-refractivity contribution in [2.45, 2.75) is 11.7 Å². The molecule has 1 N–H and O–H groups in total. The van der Waals surface area contributed by atoms with Crippen molar-refractivity contribution in [3.8, 4) is 0 Å². The molecule has 3 amide bonds. The summed E-state index contributed by atoms with van der Waals surface area (Å²) in [5.41, 5.74) is 1.01. The Labute approximate surface area is 163 Å². The number of thioether (sulfide) groups is 1. The molecule has 0 aromatic heterocycles. The second-order valence-electron chi connectivity index (χ2n) is 5.97. The second kappa shape index (κ2) is 7.28. The maximum Gasteiger partial charge on any atom is 0.334 e. The van der Waals surface area contributed by atoms with Gasteiger partial charge in [0.15, 0.2) is 5.17 Å². The van der Waals surface area contributed by atoms with E-state index in [-0.39, 0.29) is 23.5 Å². The number of hydrogen-bond acceptors (Lipinski definition) is 7. The highest BCUT2D eigenvalue weighted by Crippen LogP contribution is 2.27. The molecule has 0 bridgehead atoms. The fraction of sp³-hybridized carbons (Fsp3) is 0.105. The number of imide groups is 1. The van der Waals surface area contributed by atoms with E-state index in [2.05, 4.69) is 10.3 Å². The van der Waals surface area contributed by atoms with Crippen LogP contribution < -0.4 is 5.32 Å². The largest absolute Gasteiger partial charge is 0.334 e. The van der Waals surface area contributed by atoms with Gasteiger partial charge in [0, 0.05) is 0 Å². The Bertz CT molecular complexity index is 986. The molecule has 1 saturated heterocycles. The van der Waals surface area contributed by atoms with Crippen LogP contribution in [0.15, 0.2) is 59.6 Å². The average Bonchev–Trinajstić information content (AvgIpc) is 3.15. The van der Waals surface area contributed by atoms with Crippen LogP contribution in [0.5, 0.6) is 0 Å². The molecule has 2 aliphatic heterocycles. The summed E-state index contributed by atoms with van der Waals surface area (Å²) in [5.74, 6) is -2.66. The first-order valence-corrected chi connectivity index (χ1v) is 9.21. The van der Waals surface area contributed by atoms with Crippen LogP contribution in [-0.2, 0) is 14.4 Å². The summed E-state index contributed by atoms with van der Waals surface area (Å²) < 4.78 is 0. The molecule has 140 valence electrons. The Kier molecular flexibility index (Phi) is 4.66. The van der Waals surface area contributed by atoms with Crippen molar-refractivity contribution in [3.63, 3.8) is 0 Å². The van der Waals surface area contributed by atoms with E-state index >= 15 is 0 Å². The standard InChI is InChI=1S/C19H13N3O5S/c23-15(27-22-17(25)12-8-4-5-9-13(12)18(22)26)10-14-16(24)21-19(28-14)20-11-6-2-1-3-7-11/h1-9,14H,10H2,(H,20,21,24). The van der Waals surface area contributed by atoms with Crippen LogP contribution in [-0.4, -0.2) is 39.2 Å². The van der Waals surface area contributed by atoms with E-state index in [0.717, 1.165) is 11.8 Å². The zero-order chi connectivity index (χ0) is 19.7. The average molecular weight is 395 g/mol. The Morgan fingerprint density at radius 3 is 2.25 bits per heavy atom. The first-order chi connectivity index (χ1) is 13.5. The predicted octanol–water partition coefficient (Wildman–Crippen LogP) is 2.05. The minimum atomic E-state index is -0.858. The molecule has 2 aliphatic rings. The maximum atomic E-state index is 12.2. The van der Waals surface area contributed by atoms with E-state index in [1.54, 1.807) is 24.3 Å². The molecule has 1 unspecified atom stereocenters. The molecule has 28 heavy (non-hydrogen) atoms. The number of nitrogens with one attached hydrogen (secondary N) is 1. The number of para-hydroxylation sites is 1. The Balaban J connectivity index is 1.40. The molecule has 0 spiro atoms. The number of aliphatic imine (C=N–C) groups is 1. The molecule has 8 nitrogen and oxygen atoms in total. The quantitative estimate of drug-likeness (QED) is 0.795. The number of hydroxylamine groups is 2. The molecular formula is C19H13N3O5S. The van der Waals surface area contributed by atoms with E-state index in [4.69, 9.17) is 4.84 Å². The number of hydrogen-bond donors (Lipinski definition) is 1. The predicted molar refractivity (Wildman–Crippen MR) is 101 cm³/mol. The molecule has 0 saturated carbocycles. The van der Waals surface area contributed by atoms with Crippen molar-refractivity contribution in [1.29, 1.82) is 0 Å². The monoisotopic (exact) mass is 395 g/mol. The van der Waals surface area contributed by atoms with Gasteiger partial charge in [-0.2, -0.15) is 0 Å². The lowest BCUT2D eigenvalue weighted by Crippen LogP contribution is -2.34. The molecule has 1 atom stereocenters. The number of amidine groups is 1. The SMILES string of the molecule is O=C(CC1SC(=Nc2ccccc2)NC1=O)ON1C(=O)c2ccccc2C1=O. The minimum Gasteiger partial charge on any atom is -0.330 e. The van der Waals surface area contributed by atoms with Crippen molar-refractivity contribution in [1.82, 2.24) is 10.4 Å². The topological polar surface area (TPSA) is 105 Å². The van der Waals surface area contributed by atoms with Crippen LogP contribution >= 0.6 is 11.8 Å². The van der Waals surface area contributed by atoms with Crippen molar-refractivity contribution in [2.75, 3.05) is 0 Å². The van der Waals surface area contributed by atoms with E-state index in [9.17, 15) is 19.2 Å². The Hall–Kier alpha value is -3.46. The van der Waals surface area contributed by atoms with E-state index < -0.39 is 23.0 Å². The van der Waals surface area contributed by atoms with Crippen molar-refractivity contribution < 1.29 is 24.0 Å². The first kappa shape index (κ1) is 17.9. The highest BCUT2D eigenvalue weighted by Gasteiger charge is 2.40. The van der Waals surface area contributed by atoms with Crippen LogP contribution in [0.2, 0.25) is 0 Å². The summed E-state index contributed by atoms with van der Waals surface area (Å²) in [6.45, 7) is 0. The zero-order valence-corrected chi connectivity index (χ0v) is 15.1. The summed E-state index contributed by atoms with van der Waals surface area (Å²) >= 11 is 1.09. The molecule has 2 aromatic carbocycles. The lowest BCUT2D eigenvalue weighted by molar-refractivity contribution is -0.168. The van der Waals surface area contributed by atoms with Gasteiger partial charge in [0.25, 0.3) is 11.8 Å². The number of fused-ring (bicyclic) bond motifs is 1. The summed E-state index contributed by atoms with van der Waals surface area (Å²) in [5, 5.41) is 2.65. The summed E-state index contributed by atoms with van der Waals surface area (Å²) in [6, 6.07) is 15.2. The molecule has 9 heteroatoms. The van der Waals surface area contributed by atoms with Gasteiger partial charge in [-0.1, -0.05) is 47.2 Å². The van der Waals surface area contributed by atoms with Gasteiger partial charge in [-0.15, -0.1) is 0 Å². The van der Waals surface area contributed by atoms with Crippen LogP contribution in [0, 0.1) is 0 Å². The van der Waals surface area contributed by atoms with Crippen LogP contribution in [0.3, 0.4) is 0 Å². The molecule has 0 radical (unpaired) electrons. The molecular weight excluding hydrogens is 382 g/mol. The number of amides is 3. The van der Waals surface area contributed by atoms with E-state index in [1.165, 1.54) is 12.1 Å². The van der Waals surface area contributed by atoms with Crippen LogP contribution in [0.25, 0.3) is 0 Å². The molecule has 2 aromatic rings. The third-order valence-corrected chi connectivity index (χ3v) is 5.15. The lowest BCUT2D eigenvalue weighted by atomic mass is 10.1. The minimum absolute atomic E-state index is 0.172. The van der Waals surface area contributed by atoms with Gasteiger partial charge in [0.2, 0.25) is 5.91 Å². The fourth-order valence-electron chi connectivity index (χ4n) is 2.75. The normalized spacial score (nSPS) is 19.7. The van der Waals surface area contributed by atoms with Gasteiger partial charge in [0.05, 0.1) is 23.2 Å². The molecule has 4 rings (SSSR count). The van der Waals surface area contributed by atoms with Gasteiger partial charge in [-0.05, 0) is 24.3 Å². The number of carbonyl (C=O) groups is 4. The van der Waals surface area contributed by atoms with E-state index in [0.29, 0.717) is 15.9 Å². The van der Waals surface area contributed by atoms with Gasteiger partial charge >= 0.3 is 5.97 Å². The summed E-state index contributed by atoms with van der Waals surface area (Å²) in [7, 11) is 0. The lowest BCUT2D eigenvalue weighted by Gasteiger charge is -2.13. The highest BCUT2D eigenvalue weighted by atomic mass is 32.2. The van der Waals surface area contributed by atoms with Crippen molar-refractivity contribution in [2.24, 2.45) is 4.99 Å². The van der Waals surface area contributed by atoms with Gasteiger partial charge in [0.1, 0.15) is 5.25 Å². The highest BCUT2D eigenvalue weighted by molar-refractivity contribution is 8.15. The van der Waals surface area contributed by atoms with Gasteiger partial charge in [-0.25, -0.2) is 9.79 Å². The third kappa shape index (κ3) is 3.39. The van der Waals surface area contributed by atoms with E-state index in [1.807, 2.05) is 18.2 Å². The third-order valence-electron chi connectivity index (χ3n) is 4.07. The van der Waals surface area contributed by atoms with Crippen LogP contribution in [0.1, 0.15) is 27.1 Å². The zero-order valence-electron chi connectivity index (χ0n) is 14.3. The number of rotatable bonds is 4. The second-order valence-corrected chi connectivity index (χ2v) is 7.16. The van der Waals surface area contributed by atoms with Gasteiger partial charge in [-0.3, -0.25) is 14.4 Å². The molecule has 2 heterocycles. The maximum absolute atomic E-state index is 12.2. The summed E-state index contributed by atoms with van der Waals surface area (Å²) in [6.07, 6.45) is -0.308. The van der Waals surface area contributed by atoms with Crippen LogP contribution in [0.4, 0.5) is 5.69 Å². The fourth-order valence-corrected chi connectivity index (χ4v) is 3.73. The summed E-state index contributed by atoms with van der Waals surface area (Å²) in [4.78, 5) is 58.0. The van der Waals surface area contributed by atoms with Crippen molar-refractivity contribution >= 4 is 46.3 Å². The number of carbonyl (C=O) groups excluding carboxylic acids is 4. The molecule has 0 aliphatic carbocycles. The Morgan fingerprint density at radius 1 is 1.00 bits per heavy atom. The van der Waals surface area contributed by atoms with Crippen molar-refractivity contribution in [3.05, 3.63) is 65.7 Å². The Morgan fingerprint density at radius 2 is 1.61 bits per heavy atom.